The number of carbonyl (C=O) groups excluding carboxylic acids is 1. The molecule has 0 spiro atoms. The summed E-state index contributed by atoms with van der Waals surface area (Å²) in [6, 6.07) is 5.71. The van der Waals surface area contributed by atoms with Crippen molar-refractivity contribution < 1.29 is 19.1 Å². The highest BCUT2D eigenvalue weighted by molar-refractivity contribution is 5.82. The zero-order valence-electron chi connectivity index (χ0n) is 12.6. The van der Waals surface area contributed by atoms with Crippen LogP contribution in [0.25, 0.3) is 0 Å². The van der Waals surface area contributed by atoms with E-state index in [1.807, 2.05) is 0 Å². The lowest BCUT2D eigenvalue weighted by atomic mass is 9.97. The summed E-state index contributed by atoms with van der Waals surface area (Å²) in [5.41, 5.74) is 1.94. The average molecular weight is 317 g/mol. The number of nitrogens with zero attached hydrogens (tertiary/aromatic N) is 3. The predicted octanol–water partition coefficient (Wildman–Crippen LogP) is 1.31. The molecule has 2 aromatic rings. The van der Waals surface area contributed by atoms with Gasteiger partial charge in [0.1, 0.15) is 11.7 Å². The molecule has 0 saturated heterocycles. The first-order chi connectivity index (χ1) is 11.0. The third-order valence-corrected chi connectivity index (χ3v) is 4.06. The maximum absolute atomic E-state index is 12.9. The van der Waals surface area contributed by atoms with Crippen LogP contribution in [-0.4, -0.2) is 38.0 Å². The van der Waals surface area contributed by atoms with Crippen LogP contribution in [0.1, 0.15) is 22.9 Å². The molecule has 1 atom stereocenters. The first kappa shape index (κ1) is 15.2. The molecule has 7 heteroatoms. The van der Waals surface area contributed by atoms with Crippen molar-refractivity contribution in [1.29, 1.82) is 0 Å². The number of imidazole rings is 1. The Kier molecular flexibility index (Phi) is 3.85. The van der Waals surface area contributed by atoms with Crippen LogP contribution in [0.2, 0.25) is 0 Å². The maximum Gasteiger partial charge on any atom is 0.314 e. The minimum absolute atomic E-state index is 0.106. The second kappa shape index (κ2) is 5.83. The molecule has 1 aromatic heterocycles. The van der Waals surface area contributed by atoms with Crippen molar-refractivity contribution in [2.75, 3.05) is 6.54 Å². The molecule has 23 heavy (non-hydrogen) atoms. The third-order valence-electron chi connectivity index (χ3n) is 4.06. The van der Waals surface area contributed by atoms with Crippen LogP contribution in [0.15, 0.2) is 30.6 Å². The van der Waals surface area contributed by atoms with Crippen molar-refractivity contribution in [2.24, 2.45) is 7.05 Å². The van der Waals surface area contributed by atoms with Gasteiger partial charge in [-0.1, -0.05) is 12.1 Å². The summed E-state index contributed by atoms with van der Waals surface area (Å²) < 4.78 is 14.6. The van der Waals surface area contributed by atoms with Gasteiger partial charge in [-0.05, 0) is 17.7 Å². The first-order valence-electron chi connectivity index (χ1n) is 7.21. The summed E-state index contributed by atoms with van der Waals surface area (Å²) >= 11 is 0. The van der Waals surface area contributed by atoms with E-state index in [0.717, 1.165) is 0 Å². The zero-order valence-corrected chi connectivity index (χ0v) is 12.6. The standard InChI is InChI=1S/C16H16FN3O3/c1-19-9-18-13-8-20(7-12(15(13)19)16(22)23)14(21)6-10-2-4-11(17)5-3-10/h2-5,9,12H,6-8H2,1H3,(H,22,23). The van der Waals surface area contributed by atoms with E-state index in [4.69, 9.17) is 0 Å². The van der Waals surface area contributed by atoms with Crippen LogP contribution in [-0.2, 0) is 29.6 Å². The van der Waals surface area contributed by atoms with Crippen LogP contribution in [0.3, 0.4) is 0 Å². The van der Waals surface area contributed by atoms with E-state index in [9.17, 15) is 19.1 Å². The van der Waals surface area contributed by atoms with Gasteiger partial charge in [0.2, 0.25) is 5.91 Å². The Morgan fingerprint density at radius 3 is 2.70 bits per heavy atom. The van der Waals surface area contributed by atoms with Crippen molar-refractivity contribution in [2.45, 2.75) is 18.9 Å². The fourth-order valence-electron chi connectivity index (χ4n) is 2.88. The summed E-state index contributed by atoms with van der Waals surface area (Å²) in [7, 11) is 1.75. The number of carboxylic acid groups (broad SMARTS) is 1. The number of halogens is 1. The number of aromatic nitrogens is 2. The van der Waals surface area contributed by atoms with Crippen molar-refractivity contribution in [3.05, 3.63) is 53.4 Å². The Bertz CT molecular complexity index is 754. The number of fused-ring (bicyclic) bond motifs is 1. The molecule has 0 saturated carbocycles. The van der Waals surface area contributed by atoms with Gasteiger partial charge in [-0.3, -0.25) is 9.59 Å². The second-order valence-electron chi connectivity index (χ2n) is 5.66. The number of carbonyl (C=O) groups is 2. The highest BCUT2D eigenvalue weighted by Crippen LogP contribution is 2.28. The van der Waals surface area contributed by atoms with E-state index >= 15 is 0 Å². The molecule has 2 heterocycles. The molecule has 1 N–H and O–H groups in total. The van der Waals surface area contributed by atoms with E-state index in [2.05, 4.69) is 4.98 Å². The molecule has 120 valence electrons. The molecule has 3 rings (SSSR count). The Morgan fingerprint density at radius 1 is 1.35 bits per heavy atom. The van der Waals surface area contributed by atoms with Gasteiger partial charge < -0.3 is 14.6 Å². The molecule has 6 nitrogen and oxygen atoms in total. The Labute approximate surface area is 132 Å². The Hall–Kier alpha value is -2.70. The lowest BCUT2D eigenvalue weighted by molar-refractivity contribution is -0.141. The van der Waals surface area contributed by atoms with E-state index in [-0.39, 0.29) is 24.7 Å². The van der Waals surface area contributed by atoms with Crippen molar-refractivity contribution >= 4 is 11.9 Å². The quantitative estimate of drug-likeness (QED) is 0.926. The number of rotatable bonds is 3. The fourth-order valence-corrected chi connectivity index (χ4v) is 2.88. The van der Waals surface area contributed by atoms with E-state index < -0.39 is 11.9 Å². The number of hydrogen-bond acceptors (Lipinski definition) is 3. The molecule has 0 bridgehead atoms. The summed E-state index contributed by atoms with van der Waals surface area (Å²) in [5.74, 6) is -2.32. The second-order valence-corrected chi connectivity index (χ2v) is 5.66. The number of carboxylic acids is 1. The van der Waals surface area contributed by atoms with Gasteiger partial charge in [0.15, 0.2) is 0 Å². The monoisotopic (exact) mass is 317 g/mol. The van der Waals surface area contributed by atoms with Crippen LogP contribution >= 0.6 is 0 Å². The predicted molar refractivity (Wildman–Crippen MR) is 79.1 cm³/mol. The average Bonchev–Trinajstić information content (AvgIpc) is 2.90. The van der Waals surface area contributed by atoms with Crippen molar-refractivity contribution in [3.8, 4) is 0 Å². The number of aryl methyl sites for hydroxylation is 1. The molecule has 0 radical (unpaired) electrons. The highest BCUT2D eigenvalue weighted by Gasteiger charge is 2.35. The SMILES string of the molecule is Cn1cnc2c1C(C(=O)O)CN(C(=O)Cc1ccc(F)cc1)C2. The van der Waals surface area contributed by atoms with Crippen LogP contribution < -0.4 is 0 Å². The molecule has 0 aliphatic carbocycles. The third kappa shape index (κ3) is 2.94. The van der Waals surface area contributed by atoms with E-state index in [1.54, 1.807) is 30.1 Å². The van der Waals surface area contributed by atoms with E-state index in [0.29, 0.717) is 23.5 Å². The van der Waals surface area contributed by atoms with Gasteiger partial charge in [-0.15, -0.1) is 0 Å². The maximum atomic E-state index is 12.9. The summed E-state index contributed by atoms with van der Waals surface area (Å²) in [5, 5.41) is 9.43. The normalized spacial score (nSPS) is 17.0. The van der Waals surface area contributed by atoms with Gasteiger partial charge in [0, 0.05) is 13.6 Å². The molecule has 1 aliphatic rings. The zero-order chi connectivity index (χ0) is 16.6. The largest absolute Gasteiger partial charge is 0.481 e. The van der Waals surface area contributed by atoms with Crippen LogP contribution in [0.5, 0.6) is 0 Å². The molecule has 0 fully saturated rings. The van der Waals surface area contributed by atoms with Crippen LogP contribution in [0, 0.1) is 5.82 Å². The number of hydrogen-bond donors (Lipinski definition) is 1. The lowest BCUT2D eigenvalue weighted by Crippen LogP contribution is -2.41. The molecule has 1 unspecified atom stereocenters. The minimum atomic E-state index is -0.978. The lowest BCUT2D eigenvalue weighted by Gasteiger charge is -2.31. The molecule has 1 aromatic carbocycles. The van der Waals surface area contributed by atoms with Gasteiger partial charge >= 0.3 is 5.97 Å². The molecular formula is C16H16FN3O3. The Morgan fingerprint density at radius 2 is 2.04 bits per heavy atom. The van der Waals surface area contributed by atoms with Crippen molar-refractivity contribution in [3.63, 3.8) is 0 Å². The minimum Gasteiger partial charge on any atom is -0.481 e. The van der Waals surface area contributed by atoms with Gasteiger partial charge in [0.05, 0.1) is 30.7 Å². The number of benzene rings is 1. The topological polar surface area (TPSA) is 75.4 Å². The van der Waals surface area contributed by atoms with Crippen LogP contribution in [0.4, 0.5) is 4.39 Å². The number of amides is 1. The first-order valence-corrected chi connectivity index (χ1v) is 7.21. The summed E-state index contributed by atoms with van der Waals surface area (Å²) in [6.07, 6.45) is 1.67. The molecule has 1 aliphatic heterocycles. The van der Waals surface area contributed by atoms with Gasteiger partial charge in [0.25, 0.3) is 0 Å². The molecule has 1 amide bonds. The van der Waals surface area contributed by atoms with Gasteiger partial charge in [-0.25, -0.2) is 9.37 Å². The highest BCUT2D eigenvalue weighted by atomic mass is 19.1. The summed E-state index contributed by atoms with van der Waals surface area (Å²) in [6.45, 7) is 0.405. The van der Waals surface area contributed by atoms with E-state index in [1.165, 1.54) is 17.0 Å². The van der Waals surface area contributed by atoms with Gasteiger partial charge in [-0.2, -0.15) is 0 Å². The summed E-state index contributed by atoms with van der Waals surface area (Å²) in [4.78, 5) is 29.6. The van der Waals surface area contributed by atoms with Crippen molar-refractivity contribution in [1.82, 2.24) is 14.5 Å². The fraction of sp³-hybridized carbons (Fsp3) is 0.312. The Balaban J connectivity index is 1.80. The number of aliphatic carboxylic acids is 1. The molecular weight excluding hydrogens is 301 g/mol. The smallest absolute Gasteiger partial charge is 0.314 e.